The summed E-state index contributed by atoms with van der Waals surface area (Å²) in [6, 6.07) is 4.63. The smallest absolute Gasteiger partial charge is 0.274 e. The normalized spacial score (nSPS) is 25.0. The number of carbonyl (C=O) groups is 1. The van der Waals surface area contributed by atoms with Crippen LogP contribution in [0.1, 0.15) is 25.7 Å². The van der Waals surface area contributed by atoms with Crippen LogP contribution in [-0.2, 0) is 14.8 Å². The van der Waals surface area contributed by atoms with Crippen molar-refractivity contribution in [2.75, 3.05) is 0 Å². The maximum atomic E-state index is 13.3. The number of nitrogens with one attached hydrogen (secondary N) is 2. The van der Waals surface area contributed by atoms with Crippen molar-refractivity contribution in [1.29, 1.82) is 0 Å². The lowest BCUT2D eigenvalue weighted by molar-refractivity contribution is -0.123. The summed E-state index contributed by atoms with van der Waals surface area (Å²) in [7, 11) is -3.88. The highest BCUT2D eigenvalue weighted by atomic mass is 32.2. The Bertz CT molecular complexity index is 904. The van der Waals surface area contributed by atoms with Gasteiger partial charge < -0.3 is 9.73 Å². The van der Waals surface area contributed by atoms with Gasteiger partial charge in [-0.1, -0.05) is 0 Å². The molecule has 0 unspecified atom stereocenters. The van der Waals surface area contributed by atoms with Crippen LogP contribution in [0.4, 0.5) is 4.39 Å². The molecule has 1 saturated carbocycles. The molecule has 0 radical (unpaired) electrons. The number of hydrogen-bond donors (Lipinski definition) is 2. The first-order valence-corrected chi connectivity index (χ1v) is 9.41. The molecule has 2 fully saturated rings. The average molecular weight is 352 g/mol. The largest absolute Gasteiger partial charge is 0.443 e. The van der Waals surface area contributed by atoms with Crippen molar-refractivity contribution in [2.24, 2.45) is 5.92 Å². The van der Waals surface area contributed by atoms with Crippen molar-refractivity contribution in [2.45, 2.75) is 42.9 Å². The fraction of sp³-hybridized carbons (Fsp3) is 0.438. The molecule has 8 heteroatoms. The molecule has 1 aromatic heterocycles. The Kier molecular flexibility index (Phi) is 3.61. The van der Waals surface area contributed by atoms with Crippen LogP contribution in [-0.4, -0.2) is 26.4 Å². The molecule has 2 aromatic rings. The Labute approximate surface area is 138 Å². The quantitative estimate of drug-likeness (QED) is 0.880. The fourth-order valence-corrected chi connectivity index (χ4v) is 4.50. The third-order valence-electron chi connectivity index (χ3n) is 4.60. The van der Waals surface area contributed by atoms with E-state index < -0.39 is 15.8 Å². The van der Waals surface area contributed by atoms with Crippen LogP contribution in [0.15, 0.2) is 33.8 Å². The van der Waals surface area contributed by atoms with Crippen molar-refractivity contribution in [1.82, 2.24) is 10.0 Å². The Hall–Kier alpha value is -1.93. The number of sulfonamides is 1. The number of rotatable bonds is 4. The second kappa shape index (κ2) is 5.56. The van der Waals surface area contributed by atoms with Gasteiger partial charge in [-0.2, -0.15) is 0 Å². The summed E-state index contributed by atoms with van der Waals surface area (Å²) in [5, 5.41) is 3.04. The molecular weight excluding hydrogens is 335 g/mol. The highest BCUT2D eigenvalue weighted by molar-refractivity contribution is 7.89. The van der Waals surface area contributed by atoms with E-state index >= 15 is 0 Å². The van der Waals surface area contributed by atoms with Crippen molar-refractivity contribution in [3.8, 4) is 0 Å². The third kappa shape index (κ3) is 2.91. The van der Waals surface area contributed by atoms with Gasteiger partial charge in [-0.25, -0.2) is 17.5 Å². The molecule has 1 aromatic carbocycles. The van der Waals surface area contributed by atoms with E-state index in [-0.39, 0.29) is 23.1 Å². The molecule has 24 heavy (non-hydrogen) atoms. The topological polar surface area (TPSA) is 88.4 Å². The molecule has 6 nitrogen and oxygen atoms in total. The zero-order valence-corrected chi connectivity index (χ0v) is 13.6. The van der Waals surface area contributed by atoms with E-state index in [1.54, 1.807) is 0 Å². The van der Waals surface area contributed by atoms with E-state index in [0.717, 1.165) is 12.8 Å². The van der Waals surface area contributed by atoms with Gasteiger partial charge in [0, 0.05) is 30.0 Å². The van der Waals surface area contributed by atoms with Crippen molar-refractivity contribution in [3.63, 3.8) is 0 Å². The minimum Gasteiger partial charge on any atom is -0.443 e. The van der Waals surface area contributed by atoms with Gasteiger partial charge in [0.05, 0.1) is 0 Å². The van der Waals surface area contributed by atoms with E-state index in [2.05, 4.69) is 10.0 Å². The van der Waals surface area contributed by atoms with E-state index in [1.165, 1.54) is 24.3 Å². The molecule has 2 heterocycles. The second-order valence-corrected chi connectivity index (χ2v) is 8.09. The van der Waals surface area contributed by atoms with E-state index in [1.807, 2.05) is 0 Å². The molecule has 1 saturated heterocycles. The van der Waals surface area contributed by atoms with E-state index in [4.69, 9.17) is 4.42 Å². The first-order valence-electron chi connectivity index (χ1n) is 7.93. The van der Waals surface area contributed by atoms with Crippen LogP contribution in [0.3, 0.4) is 0 Å². The maximum absolute atomic E-state index is 13.3. The summed E-state index contributed by atoms with van der Waals surface area (Å²) >= 11 is 0. The Balaban J connectivity index is 1.60. The number of carbonyl (C=O) groups excluding carboxylic acids is 1. The monoisotopic (exact) mass is 352 g/mol. The predicted molar refractivity (Wildman–Crippen MR) is 84.2 cm³/mol. The van der Waals surface area contributed by atoms with Crippen LogP contribution in [0.2, 0.25) is 0 Å². The lowest BCUT2D eigenvalue weighted by Crippen LogP contribution is -2.56. The zero-order valence-electron chi connectivity index (χ0n) is 12.8. The number of benzene rings is 1. The molecule has 4 rings (SSSR count). The van der Waals surface area contributed by atoms with Crippen molar-refractivity contribution < 1.29 is 22.0 Å². The SMILES string of the molecule is O=C1CC[C@@H](NS(=O)(=O)c2cc3cc(F)ccc3o2)[C@H](C2CC2)N1. The van der Waals surface area contributed by atoms with Crippen LogP contribution < -0.4 is 10.0 Å². The molecule has 2 N–H and O–H groups in total. The average Bonchev–Trinajstić information content (AvgIpc) is 3.27. The molecule has 0 bridgehead atoms. The number of piperidine rings is 1. The first-order chi connectivity index (χ1) is 11.4. The summed E-state index contributed by atoms with van der Waals surface area (Å²) in [6.45, 7) is 0. The fourth-order valence-electron chi connectivity index (χ4n) is 3.24. The van der Waals surface area contributed by atoms with Gasteiger partial charge in [0.1, 0.15) is 11.4 Å². The van der Waals surface area contributed by atoms with Crippen molar-refractivity contribution >= 4 is 26.9 Å². The van der Waals surface area contributed by atoms with Crippen LogP contribution in [0.25, 0.3) is 11.0 Å². The van der Waals surface area contributed by atoms with E-state index in [9.17, 15) is 17.6 Å². The summed E-state index contributed by atoms with van der Waals surface area (Å²) in [5.74, 6) is -0.169. The van der Waals surface area contributed by atoms with Gasteiger partial charge >= 0.3 is 0 Å². The molecule has 2 atom stereocenters. The molecule has 128 valence electrons. The summed E-state index contributed by atoms with van der Waals surface area (Å²) in [6.07, 6.45) is 2.74. The first kappa shape index (κ1) is 15.6. The second-order valence-electron chi connectivity index (χ2n) is 6.44. The van der Waals surface area contributed by atoms with Gasteiger partial charge in [0.15, 0.2) is 0 Å². The van der Waals surface area contributed by atoms with E-state index in [0.29, 0.717) is 29.7 Å². The van der Waals surface area contributed by atoms with Crippen LogP contribution in [0, 0.1) is 11.7 Å². The lowest BCUT2D eigenvalue weighted by Gasteiger charge is -2.32. The standard InChI is InChI=1S/C16H17FN2O4S/c17-11-3-5-13-10(7-11)8-15(23-13)24(21,22)19-12-4-6-14(20)18-16(12)9-1-2-9/h3,5,7-9,12,16,19H,1-2,4,6H2,(H,18,20)/t12-,16+/m1/s1. The van der Waals surface area contributed by atoms with Gasteiger partial charge in [-0.15, -0.1) is 0 Å². The molecule has 2 aliphatic rings. The summed E-state index contributed by atoms with van der Waals surface area (Å²) < 4.78 is 46.5. The highest BCUT2D eigenvalue weighted by Gasteiger charge is 2.42. The minimum absolute atomic E-state index is 0.0402. The lowest BCUT2D eigenvalue weighted by atomic mass is 9.95. The van der Waals surface area contributed by atoms with Crippen LogP contribution >= 0.6 is 0 Å². The maximum Gasteiger partial charge on any atom is 0.274 e. The van der Waals surface area contributed by atoms with Gasteiger partial charge in [0.25, 0.3) is 10.0 Å². The minimum atomic E-state index is -3.88. The summed E-state index contributed by atoms with van der Waals surface area (Å²) in [5.41, 5.74) is 0.312. The molecular formula is C16H17FN2O4S. The number of furan rings is 1. The van der Waals surface area contributed by atoms with Gasteiger partial charge in [0.2, 0.25) is 11.0 Å². The number of amides is 1. The number of halogens is 1. The van der Waals surface area contributed by atoms with Crippen molar-refractivity contribution in [3.05, 3.63) is 30.1 Å². The zero-order chi connectivity index (χ0) is 16.9. The molecule has 1 amide bonds. The summed E-state index contributed by atoms with van der Waals surface area (Å²) in [4.78, 5) is 11.6. The van der Waals surface area contributed by atoms with Crippen LogP contribution in [0.5, 0.6) is 0 Å². The number of hydrogen-bond acceptors (Lipinski definition) is 4. The molecule has 0 spiro atoms. The Morgan fingerprint density at radius 2 is 2.00 bits per heavy atom. The highest BCUT2D eigenvalue weighted by Crippen LogP contribution is 2.36. The molecule has 1 aliphatic carbocycles. The van der Waals surface area contributed by atoms with Gasteiger partial charge in [-0.05, 0) is 43.4 Å². The van der Waals surface area contributed by atoms with Gasteiger partial charge in [-0.3, -0.25) is 4.79 Å². The third-order valence-corrected chi connectivity index (χ3v) is 5.94. The Morgan fingerprint density at radius 1 is 1.21 bits per heavy atom. The predicted octanol–water partition coefficient (Wildman–Crippen LogP) is 1.91. The number of fused-ring (bicyclic) bond motifs is 1. The Morgan fingerprint density at radius 3 is 2.75 bits per heavy atom. The molecule has 1 aliphatic heterocycles.